The Labute approximate surface area is 93.0 Å². The Morgan fingerprint density at radius 3 is 1.93 bits per heavy atom. The Bertz CT molecular complexity index is 148. The maximum Gasteiger partial charge on any atom is 0.129 e. The molecule has 0 aromatic carbocycles. The van der Waals surface area contributed by atoms with Crippen LogP contribution >= 0.6 is 11.8 Å². The molecule has 0 saturated carbocycles. The zero-order valence-corrected chi connectivity index (χ0v) is 10.8. The van der Waals surface area contributed by atoms with Crippen LogP contribution in [0.25, 0.3) is 0 Å². The molecule has 0 radical (unpaired) electrons. The molecule has 2 heteroatoms. The molecular formula is C12H24OS. The molecule has 1 heterocycles. The average Bonchev–Trinajstić information content (AvgIpc) is 2.49. The summed E-state index contributed by atoms with van der Waals surface area (Å²) in [4.78, 5) is 10.2. The zero-order chi connectivity index (χ0) is 11.0. The van der Waals surface area contributed by atoms with Crippen LogP contribution in [0, 0.1) is 11.8 Å². The first-order chi connectivity index (χ1) is 6.57. The van der Waals surface area contributed by atoms with Gasteiger partial charge in [-0.25, -0.2) is 0 Å². The van der Waals surface area contributed by atoms with Gasteiger partial charge in [0.25, 0.3) is 0 Å². The maximum atomic E-state index is 10.2. The lowest BCUT2D eigenvalue weighted by molar-refractivity contribution is -0.117. The normalized spacial score (nSPS) is 25.4. The molecular weight excluding hydrogens is 192 g/mol. The van der Waals surface area contributed by atoms with Crippen LogP contribution in [0.3, 0.4) is 0 Å². The minimum atomic E-state index is 0.307. The SMILES string of the molecule is CC1CSCC1C.CCCCC(C)=O. The Morgan fingerprint density at radius 2 is 1.79 bits per heavy atom. The molecule has 1 aliphatic rings. The lowest BCUT2D eigenvalue weighted by Crippen LogP contribution is -2.01. The largest absolute Gasteiger partial charge is 0.300 e. The van der Waals surface area contributed by atoms with Gasteiger partial charge in [-0.2, -0.15) is 11.8 Å². The van der Waals surface area contributed by atoms with E-state index in [1.54, 1.807) is 6.92 Å². The number of thioether (sulfide) groups is 1. The van der Waals surface area contributed by atoms with Crippen molar-refractivity contribution >= 4 is 17.5 Å². The summed E-state index contributed by atoms with van der Waals surface area (Å²) in [6, 6.07) is 0. The Morgan fingerprint density at radius 1 is 1.29 bits per heavy atom. The molecule has 1 aliphatic heterocycles. The van der Waals surface area contributed by atoms with Crippen LogP contribution in [0.5, 0.6) is 0 Å². The number of hydrogen-bond acceptors (Lipinski definition) is 2. The molecule has 0 N–H and O–H groups in total. The van der Waals surface area contributed by atoms with Crippen LogP contribution in [0.2, 0.25) is 0 Å². The van der Waals surface area contributed by atoms with E-state index in [4.69, 9.17) is 0 Å². The van der Waals surface area contributed by atoms with Gasteiger partial charge in [0, 0.05) is 6.42 Å². The lowest BCUT2D eigenvalue weighted by atomic mass is 10.0. The van der Waals surface area contributed by atoms with Crippen LogP contribution < -0.4 is 0 Å². The monoisotopic (exact) mass is 216 g/mol. The van der Waals surface area contributed by atoms with Crippen LogP contribution in [-0.4, -0.2) is 17.3 Å². The maximum absolute atomic E-state index is 10.2. The van der Waals surface area contributed by atoms with Crippen molar-refractivity contribution in [2.75, 3.05) is 11.5 Å². The Balaban J connectivity index is 0.000000241. The summed E-state index contributed by atoms with van der Waals surface area (Å²) >= 11 is 2.09. The number of carbonyl (C=O) groups excluding carboxylic acids is 1. The molecule has 0 aromatic rings. The van der Waals surface area contributed by atoms with E-state index >= 15 is 0 Å². The van der Waals surface area contributed by atoms with Crippen LogP contribution in [0.1, 0.15) is 47.0 Å². The summed E-state index contributed by atoms with van der Waals surface area (Å²) in [5.41, 5.74) is 0. The third-order valence-electron chi connectivity index (χ3n) is 2.62. The summed E-state index contributed by atoms with van der Waals surface area (Å²) in [6.07, 6.45) is 2.94. The number of carbonyl (C=O) groups is 1. The topological polar surface area (TPSA) is 17.1 Å². The van der Waals surface area contributed by atoms with Crippen LogP contribution in [0.4, 0.5) is 0 Å². The molecule has 1 nitrogen and oxygen atoms in total. The molecule has 0 bridgehead atoms. The molecule has 1 rings (SSSR count). The van der Waals surface area contributed by atoms with Crippen molar-refractivity contribution < 1.29 is 4.79 Å². The van der Waals surface area contributed by atoms with Crippen molar-refractivity contribution in [1.82, 2.24) is 0 Å². The smallest absolute Gasteiger partial charge is 0.129 e. The first-order valence-corrected chi connectivity index (χ1v) is 6.80. The second-order valence-electron chi connectivity index (χ2n) is 4.30. The molecule has 0 amide bonds. The molecule has 0 aromatic heterocycles. The minimum absolute atomic E-state index is 0.307. The highest BCUT2D eigenvalue weighted by molar-refractivity contribution is 7.99. The van der Waals surface area contributed by atoms with Gasteiger partial charge in [0.15, 0.2) is 0 Å². The van der Waals surface area contributed by atoms with Gasteiger partial charge in [-0.05, 0) is 36.7 Å². The molecule has 0 spiro atoms. The standard InChI is InChI=1S/C6H12O.C6H12S/c1-3-4-5-6(2)7;1-5-3-7-4-6(5)2/h3-5H2,1-2H3;5-6H,3-4H2,1-2H3. The van der Waals surface area contributed by atoms with Gasteiger partial charge in [0.1, 0.15) is 5.78 Å². The van der Waals surface area contributed by atoms with Gasteiger partial charge in [-0.1, -0.05) is 27.2 Å². The Kier molecular flexibility index (Phi) is 8.35. The number of hydrogen-bond donors (Lipinski definition) is 0. The molecule has 2 atom stereocenters. The minimum Gasteiger partial charge on any atom is -0.300 e. The van der Waals surface area contributed by atoms with E-state index in [9.17, 15) is 4.79 Å². The molecule has 0 aliphatic carbocycles. The average molecular weight is 216 g/mol. The van der Waals surface area contributed by atoms with Gasteiger partial charge in [-0.3, -0.25) is 0 Å². The van der Waals surface area contributed by atoms with Crippen molar-refractivity contribution in [3.63, 3.8) is 0 Å². The van der Waals surface area contributed by atoms with Crippen LogP contribution in [0.15, 0.2) is 0 Å². The van der Waals surface area contributed by atoms with Crippen molar-refractivity contribution in [2.45, 2.75) is 47.0 Å². The van der Waals surface area contributed by atoms with E-state index in [1.165, 1.54) is 11.5 Å². The second-order valence-corrected chi connectivity index (χ2v) is 5.37. The van der Waals surface area contributed by atoms with Gasteiger partial charge < -0.3 is 4.79 Å². The van der Waals surface area contributed by atoms with Crippen LogP contribution in [-0.2, 0) is 4.79 Å². The number of rotatable bonds is 3. The van der Waals surface area contributed by atoms with E-state index in [1.807, 2.05) is 0 Å². The molecule has 14 heavy (non-hydrogen) atoms. The van der Waals surface area contributed by atoms with Gasteiger partial charge >= 0.3 is 0 Å². The number of ketones is 1. The first-order valence-electron chi connectivity index (χ1n) is 5.65. The van der Waals surface area contributed by atoms with E-state index in [0.29, 0.717) is 5.78 Å². The predicted octanol–water partition coefficient (Wildman–Crippen LogP) is 3.77. The lowest BCUT2D eigenvalue weighted by Gasteiger charge is -2.03. The highest BCUT2D eigenvalue weighted by Crippen LogP contribution is 2.28. The van der Waals surface area contributed by atoms with E-state index < -0.39 is 0 Å². The summed E-state index contributed by atoms with van der Waals surface area (Å²) < 4.78 is 0. The van der Waals surface area contributed by atoms with Crippen molar-refractivity contribution in [1.29, 1.82) is 0 Å². The summed E-state index contributed by atoms with van der Waals surface area (Å²) in [7, 11) is 0. The van der Waals surface area contributed by atoms with Crippen molar-refractivity contribution in [3.05, 3.63) is 0 Å². The Hall–Kier alpha value is 0.0200. The second kappa shape index (κ2) is 8.34. The van der Waals surface area contributed by atoms with Crippen molar-refractivity contribution in [2.24, 2.45) is 11.8 Å². The summed E-state index contributed by atoms with van der Waals surface area (Å²) in [6.45, 7) is 8.40. The van der Waals surface area contributed by atoms with E-state index in [2.05, 4.69) is 32.5 Å². The summed E-state index contributed by atoms with van der Waals surface area (Å²) in [5.74, 6) is 5.04. The fourth-order valence-corrected chi connectivity index (χ4v) is 2.73. The molecule has 1 fully saturated rings. The third-order valence-corrected chi connectivity index (χ3v) is 4.14. The fourth-order valence-electron chi connectivity index (χ4n) is 1.19. The molecule has 2 unspecified atom stereocenters. The van der Waals surface area contributed by atoms with E-state index in [0.717, 1.165) is 31.1 Å². The molecule has 84 valence electrons. The van der Waals surface area contributed by atoms with Gasteiger partial charge in [-0.15, -0.1) is 0 Å². The fraction of sp³-hybridized carbons (Fsp3) is 0.917. The van der Waals surface area contributed by atoms with Gasteiger partial charge in [0.05, 0.1) is 0 Å². The first kappa shape index (κ1) is 14.0. The number of Topliss-reactive ketones (excluding diaryl/α,β-unsaturated/α-hetero) is 1. The number of unbranched alkanes of at least 4 members (excludes halogenated alkanes) is 1. The highest BCUT2D eigenvalue weighted by Gasteiger charge is 2.18. The highest BCUT2D eigenvalue weighted by atomic mass is 32.2. The van der Waals surface area contributed by atoms with E-state index in [-0.39, 0.29) is 0 Å². The molecule has 1 saturated heterocycles. The summed E-state index contributed by atoms with van der Waals surface area (Å²) in [5, 5.41) is 0. The third kappa shape index (κ3) is 7.43. The quantitative estimate of drug-likeness (QED) is 0.714. The zero-order valence-electron chi connectivity index (χ0n) is 10.0. The van der Waals surface area contributed by atoms with Gasteiger partial charge in [0.2, 0.25) is 0 Å². The van der Waals surface area contributed by atoms with Crippen molar-refractivity contribution in [3.8, 4) is 0 Å². The predicted molar refractivity (Wildman–Crippen MR) is 65.9 cm³/mol.